The number of anilines is 1. The number of rotatable bonds is 14. The van der Waals surface area contributed by atoms with Crippen molar-refractivity contribution in [1.29, 1.82) is 0 Å². The van der Waals surface area contributed by atoms with Gasteiger partial charge in [-0.3, -0.25) is 13.9 Å². The Hall–Kier alpha value is -4.12. The minimum Gasteiger partial charge on any atom is -0.497 e. The van der Waals surface area contributed by atoms with E-state index in [-0.39, 0.29) is 29.1 Å². The third-order valence-corrected chi connectivity index (χ3v) is 8.73. The first kappa shape index (κ1) is 32.4. The van der Waals surface area contributed by atoms with Gasteiger partial charge in [0.05, 0.1) is 24.8 Å². The molecule has 0 heterocycles. The van der Waals surface area contributed by atoms with E-state index < -0.39 is 34.3 Å². The van der Waals surface area contributed by atoms with Gasteiger partial charge in [0.1, 0.15) is 29.9 Å². The highest BCUT2D eigenvalue weighted by molar-refractivity contribution is 7.92. The van der Waals surface area contributed by atoms with Gasteiger partial charge in [0.15, 0.2) is 0 Å². The van der Waals surface area contributed by atoms with Crippen LogP contribution < -0.4 is 19.1 Å². The van der Waals surface area contributed by atoms with Crippen LogP contribution in [0.5, 0.6) is 11.5 Å². The minimum absolute atomic E-state index is 0.0507. The van der Waals surface area contributed by atoms with Crippen molar-refractivity contribution in [3.63, 3.8) is 0 Å². The van der Waals surface area contributed by atoms with Gasteiger partial charge in [-0.2, -0.15) is 0 Å². The van der Waals surface area contributed by atoms with E-state index in [1.807, 2.05) is 13.8 Å². The molecule has 0 aromatic heterocycles. The number of nitrogens with zero attached hydrogens (tertiary/aromatic N) is 2. The van der Waals surface area contributed by atoms with Crippen LogP contribution in [0.4, 0.5) is 10.1 Å². The zero-order valence-corrected chi connectivity index (χ0v) is 25.4. The van der Waals surface area contributed by atoms with Crippen LogP contribution in [0.15, 0.2) is 77.7 Å². The highest BCUT2D eigenvalue weighted by Crippen LogP contribution is 2.26. The maximum Gasteiger partial charge on any atom is 0.264 e. The quantitative estimate of drug-likeness (QED) is 0.287. The second-order valence-corrected chi connectivity index (χ2v) is 11.6. The van der Waals surface area contributed by atoms with E-state index >= 15 is 0 Å². The molecule has 3 rings (SSSR count). The molecule has 0 unspecified atom stereocenters. The fraction of sp³-hybridized carbons (Fsp3) is 0.355. The summed E-state index contributed by atoms with van der Waals surface area (Å²) < 4.78 is 52.9. The Morgan fingerprint density at radius 2 is 1.40 bits per heavy atom. The molecule has 1 N–H and O–H groups in total. The first-order valence-electron chi connectivity index (χ1n) is 13.7. The van der Waals surface area contributed by atoms with E-state index in [0.29, 0.717) is 24.3 Å². The SMILES string of the molecule is CC[C@H](C(=O)N[C@@H](C)CC)N(Cc1ccc(OC)cc1)C(=O)CN(c1ccc(F)cc1)S(=O)(=O)c1ccc(OC)cc1. The lowest BCUT2D eigenvalue weighted by Gasteiger charge is -2.33. The van der Waals surface area contributed by atoms with Crippen LogP contribution in [0.3, 0.4) is 0 Å². The van der Waals surface area contributed by atoms with Gasteiger partial charge >= 0.3 is 0 Å². The average Bonchev–Trinajstić information content (AvgIpc) is 3.00. The van der Waals surface area contributed by atoms with Crippen LogP contribution in [0.2, 0.25) is 0 Å². The molecule has 0 radical (unpaired) electrons. The van der Waals surface area contributed by atoms with Gasteiger partial charge in [-0.15, -0.1) is 0 Å². The fourth-order valence-electron chi connectivity index (χ4n) is 4.30. The Bertz CT molecular complexity index is 1430. The van der Waals surface area contributed by atoms with Gasteiger partial charge in [0, 0.05) is 12.6 Å². The van der Waals surface area contributed by atoms with E-state index in [2.05, 4.69) is 5.32 Å². The number of carbonyl (C=O) groups is 2. The van der Waals surface area contributed by atoms with Crippen molar-refractivity contribution < 1.29 is 31.9 Å². The summed E-state index contributed by atoms with van der Waals surface area (Å²) in [6.07, 6.45) is 0.999. The first-order chi connectivity index (χ1) is 20.0. The van der Waals surface area contributed by atoms with Crippen LogP contribution in [0.25, 0.3) is 0 Å². The minimum atomic E-state index is -4.29. The number of methoxy groups -OCH3 is 2. The van der Waals surface area contributed by atoms with Gasteiger partial charge < -0.3 is 19.7 Å². The number of carbonyl (C=O) groups excluding carboxylic acids is 2. The van der Waals surface area contributed by atoms with E-state index in [1.165, 1.54) is 48.4 Å². The molecule has 11 heteroatoms. The Morgan fingerprint density at radius 1 is 0.857 bits per heavy atom. The van der Waals surface area contributed by atoms with Crippen LogP contribution in [0, 0.1) is 5.82 Å². The Kier molecular flexibility index (Phi) is 11.3. The Morgan fingerprint density at radius 3 is 1.90 bits per heavy atom. The Labute approximate surface area is 247 Å². The third kappa shape index (κ3) is 8.00. The van der Waals surface area contributed by atoms with Crippen molar-refractivity contribution in [3.05, 3.63) is 84.2 Å². The van der Waals surface area contributed by atoms with Crippen molar-refractivity contribution in [2.75, 3.05) is 25.1 Å². The zero-order valence-electron chi connectivity index (χ0n) is 24.5. The molecule has 0 aliphatic rings. The van der Waals surface area contributed by atoms with Gasteiger partial charge in [-0.05, 0) is 86.0 Å². The molecule has 0 aliphatic carbocycles. The molecule has 0 spiro atoms. The predicted octanol–water partition coefficient (Wildman–Crippen LogP) is 4.76. The number of amides is 2. The molecule has 3 aromatic carbocycles. The molecular formula is C31H38FN3O6S. The van der Waals surface area contributed by atoms with Gasteiger partial charge in [-0.25, -0.2) is 12.8 Å². The van der Waals surface area contributed by atoms with Crippen molar-refractivity contribution in [1.82, 2.24) is 10.2 Å². The monoisotopic (exact) mass is 599 g/mol. The van der Waals surface area contributed by atoms with Crippen molar-refractivity contribution >= 4 is 27.5 Å². The molecule has 0 fully saturated rings. The first-order valence-corrected chi connectivity index (χ1v) is 15.1. The van der Waals surface area contributed by atoms with E-state index in [1.54, 1.807) is 38.3 Å². The van der Waals surface area contributed by atoms with Crippen LogP contribution in [-0.2, 0) is 26.2 Å². The highest BCUT2D eigenvalue weighted by atomic mass is 32.2. The molecule has 0 bridgehead atoms. The summed E-state index contributed by atoms with van der Waals surface area (Å²) in [6, 6.07) is 16.7. The lowest BCUT2D eigenvalue weighted by atomic mass is 10.1. The van der Waals surface area contributed by atoms with Gasteiger partial charge in [0.2, 0.25) is 11.8 Å². The molecule has 0 saturated heterocycles. The molecule has 2 amide bonds. The lowest BCUT2D eigenvalue weighted by molar-refractivity contribution is -0.140. The Balaban J connectivity index is 2.05. The topological polar surface area (TPSA) is 105 Å². The number of nitrogens with one attached hydrogen (secondary N) is 1. The summed E-state index contributed by atoms with van der Waals surface area (Å²) in [5, 5.41) is 2.94. The normalized spacial score (nSPS) is 12.6. The maximum absolute atomic E-state index is 14.1. The molecule has 9 nitrogen and oxygen atoms in total. The standard InChI is InChI=1S/C31H38FN3O6S/c1-6-22(3)33-31(37)29(7-2)34(20-23-8-14-26(40-4)15-9-23)30(36)21-35(25-12-10-24(32)11-13-25)42(38,39)28-18-16-27(41-5)17-19-28/h8-19,22,29H,6-7,20-21H2,1-5H3,(H,33,37)/t22-,29+/m0/s1. The molecule has 42 heavy (non-hydrogen) atoms. The third-order valence-electron chi connectivity index (χ3n) is 6.94. The smallest absolute Gasteiger partial charge is 0.264 e. The van der Waals surface area contributed by atoms with Gasteiger partial charge in [0.25, 0.3) is 10.0 Å². The van der Waals surface area contributed by atoms with E-state index in [0.717, 1.165) is 22.0 Å². The number of ether oxygens (including phenoxy) is 2. The zero-order chi connectivity index (χ0) is 30.9. The summed E-state index contributed by atoms with van der Waals surface area (Å²) in [4.78, 5) is 28.7. The molecular weight excluding hydrogens is 561 g/mol. The largest absolute Gasteiger partial charge is 0.497 e. The van der Waals surface area contributed by atoms with E-state index in [4.69, 9.17) is 9.47 Å². The second-order valence-electron chi connectivity index (χ2n) is 9.78. The summed E-state index contributed by atoms with van der Waals surface area (Å²) in [6.45, 7) is 5.04. The fourth-order valence-corrected chi connectivity index (χ4v) is 5.71. The van der Waals surface area contributed by atoms with Crippen molar-refractivity contribution in [2.45, 2.75) is 57.1 Å². The number of halogens is 1. The molecule has 2 atom stereocenters. The average molecular weight is 600 g/mol. The summed E-state index contributed by atoms with van der Waals surface area (Å²) in [5.74, 6) is -0.396. The number of hydrogen-bond acceptors (Lipinski definition) is 6. The van der Waals surface area contributed by atoms with Crippen molar-refractivity contribution in [2.24, 2.45) is 0 Å². The number of hydrogen-bond donors (Lipinski definition) is 1. The number of sulfonamides is 1. The number of benzene rings is 3. The van der Waals surface area contributed by atoms with Crippen molar-refractivity contribution in [3.8, 4) is 11.5 Å². The van der Waals surface area contributed by atoms with Crippen LogP contribution >= 0.6 is 0 Å². The summed E-state index contributed by atoms with van der Waals surface area (Å²) in [7, 11) is -1.28. The maximum atomic E-state index is 14.1. The predicted molar refractivity (Wildman–Crippen MR) is 159 cm³/mol. The lowest BCUT2D eigenvalue weighted by Crippen LogP contribution is -2.53. The van der Waals surface area contributed by atoms with Gasteiger partial charge in [-0.1, -0.05) is 26.0 Å². The molecule has 0 saturated carbocycles. The highest BCUT2D eigenvalue weighted by Gasteiger charge is 2.34. The summed E-state index contributed by atoms with van der Waals surface area (Å²) in [5.41, 5.74) is 0.826. The molecule has 226 valence electrons. The summed E-state index contributed by atoms with van der Waals surface area (Å²) >= 11 is 0. The molecule has 0 aliphatic heterocycles. The second kappa shape index (κ2) is 14.7. The van der Waals surface area contributed by atoms with Crippen LogP contribution in [-0.4, -0.2) is 58.0 Å². The molecule has 3 aromatic rings. The van der Waals surface area contributed by atoms with Crippen LogP contribution in [0.1, 0.15) is 39.2 Å². The van der Waals surface area contributed by atoms with E-state index in [9.17, 15) is 22.4 Å².